The third-order valence-corrected chi connectivity index (χ3v) is 6.43. The summed E-state index contributed by atoms with van der Waals surface area (Å²) < 4.78 is 23.4. The van der Waals surface area contributed by atoms with Gasteiger partial charge in [0, 0.05) is 18.6 Å². The topological polar surface area (TPSA) is 78.5 Å². The minimum absolute atomic E-state index is 0.0134. The smallest absolute Gasteiger partial charge is 0.241 e. The van der Waals surface area contributed by atoms with Crippen LogP contribution in [0.5, 0.6) is 0 Å². The SMILES string of the molecule is CCN(C(=O)C1CC(c2ccccc2)NN1)C1CCS(=O)(=O)C1. The number of hydrogen-bond acceptors (Lipinski definition) is 5. The number of carbonyl (C=O) groups is 1. The predicted octanol–water partition coefficient (Wildman–Crippen LogP) is 0.630. The van der Waals surface area contributed by atoms with Crippen molar-refractivity contribution in [3.05, 3.63) is 35.9 Å². The maximum Gasteiger partial charge on any atom is 0.241 e. The second-order valence-corrected chi connectivity index (χ2v) is 8.45. The van der Waals surface area contributed by atoms with Crippen LogP contribution in [0.15, 0.2) is 30.3 Å². The van der Waals surface area contributed by atoms with Gasteiger partial charge in [0.15, 0.2) is 9.84 Å². The summed E-state index contributed by atoms with van der Waals surface area (Å²) in [5, 5.41) is 0. The second kappa shape index (κ2) is 6.59. The molecule has 126 valence electrons. The van der Waals surface area contributed by atoms with Crippen molar-refractivity contribution in [2.24, 2.45) is 0 Å². The van der Waals surface area contributed by atoms with Gasteiger partial charge in [0.2, 0.25) is 5.91 Å². The molecular formula is C16H23N3O3S. The van der Waals surface area contributed by atoms with Crippen molar-refractivity contribution in [1.29, 1.82) is 0 Å². The van der Waals surface area contributed by atoms with E-state index in [1.165, 1.54) is 0 Å². The second-order valence-electron chi connectivity index (χ2n) is 6.22. The molecule has 2 aliphatic rings. The molecule has 2 fully saturated rings. The lowest BCUT2D eigenvalue weighted by Gasteiger charge is -2.29. The summed E-state index contributed by atoms with van der Waals surface area (Å²) in [7, 11) is -2.99. The first-order chi connectivity index (χ1) is 11.0. The quantitative estimate of drug-likeness (QED) is 0.843. The summed E-state index contributed by atoms with van der Waals surface area (Å²) in [5.74, 6) is 0.264. The molecule has 1 amide bonds. The summed E-state index contributed by atoms with van der Waals surface area (Å²) in [4.78, 5) is 14.5. The molecule has 23 heavy (non-hydrogen) atoms. The minimum atomic E-state index is -2.99. The van der Waals surface area contributed by atoms with Crippen molar-refractivity contribution >= 4 is 15.7 Å². The van der Waals surface area contributed by atoms with Crippen LogP contribution in [0.2, 0.25) is 0 Å². The highest BCUT2D eigenvalue weighted by Crippen LogP contribution is 2.25. The molecule has 7 heteroatoms. The Balaban J connectivity index is 1.66. The summed E-state index contributed by atoms with van der Waals surface area (Å²) in [6, 6.07) is 9.59. The van der Waals surface area contributed by atoms with E-state index in [0.29, 0.717) is 19.4 Å². The van der Waals surface area contributed by atoms with E-state index in [0.717, 1.165) is 5.56 Å². The number of amides is 1. The Bertz CT molecular complexity index is 662. The molecule has 0 aliphatic carbocycles. The highest BCUT2D eigenvalue weighted by Gasteiger charge is 2.38. The summed E-state index contributed by atoms with van der Waals surface area (Å²) in [5.41, 5.74) is 7.39. The Morgan fingerprint density at radius 2 is 2.00 bits per heavy atom. The first-order valence-corrected chi connectivity index (χ1v) is 9.89. The predicted molar refractivity (Wildman–Crippen MR) is 88.3 cm³/mol. The zero-order valence-electron chi connectivity index (χ0n) is 13.2. The zero-order chi connectivity index (χ0) is 16.4. The highest BCUT2D eigenvalue weighted by molar-refractivity contribution is 7.91. The molecule has 6 nitrogen and oxygen atoms in total. The van der Waals surface area contributed by atoms with Crippen LogP contribution in [0, 0.1) is 0 Å². The largest absolute Gasteiger partial charge is 0.338 e. The first-order valence-electron chi connectivity index (χ1n) is 8.07. The van der Waals surface area contributed by atoms with Crippen molar-refractivity contribution in [3.8, 4) is 0 Å². The number of nitrogens with zero attached hydrogens (tertiary/aromatic N) is 1. The maximum absolute atomic E-state index is 12.8. The number of benzene rings is 1. The molecule has 1 aromatic rings. The molecule has 3 atom stereocenters. The molecule has 2 heterocycles. The van der Waals surface area contributed by atoms with E-state index in [1.54, 1.807) is 4.90 Å². The average Bonchev–Trinajstić information content (AvgIpc) is 3.16. The van der Waals surface area contributed by atoms with Crippen LogP contribution < -0.4 is 10.9 Å². The van der Waals surface area contributed by atoms with Crippen molar-refractivity contribution in [2.75, 3.05) is 18.1 Å². The molecule has 2 aliphatic heterocycles. The number of nitrogens with one attached hydrogen (secondary N) is 2. The number of hydrogen-bond donors (Lipinski definition) is 2. The Morgan fingerprint density at radius 3 is 2.61 bits per heavy atom. The average molecular weight is 337 g/mol. The van der Waals surface area contributed by atoms with Crippen molar-refractivity contribution < 1.29 is 13.2 Å². The van der Waals surface area contributed by atoms with Crippen LogP contribution >= 0.6 is 0 Å². The molecule has 1 aromatic carbocycles. The Morgan fingerprint density at radius 1 is 1.26 bits per heavy atom. The van der Waals surface area contributed by atoms with Crippen LogP contribution in [0.25, 0.3) is 0 Å². The lowest BCUT2D eigenvalue weighted by Crippen LogP contribution is -2.50. The lowest BCUT2D eigenvalue weighted by molar-refractivity contribution is -0.134. The van der Waals surface area contributed by atoms with E-state index in [2.05, 4.69) is 10.9 Å². The minimum Gasteiger partial charge on any atom is -0.338 e. The van der Waals surface area contributed by atoms with Crippen LogP contribution in [0.3, 0.4) is 0 Å². The highest BCUT2D eigenvalue weighted by atomic mass is 32.2. The molecule has 0 aromatic heterocycles. The molecule has 3 unspecified atom stereocenters. The number of likely N-dealkylation sites (N-methyl/N-ethyl adjacent to an activating group) is 1. The van der Waals surface area contributed by atoms with Crippen LogP contribution in [-0.2, 0) is 14.6 Å². The normalized spacial score (nSPS) is 29.5. The van der Waals surface area contributed by atoms with Crippen molar-refractivity contribution in [2.45, 2.75) is 37.9 Å². The van der Waals surface area contributed by atoms with Gasteiger partial charge in [-0.25, -0.2) is 19.3 Å². The zero-order valence-corrected chi connectivity index (χ0v) is 14.1. The fourth-order valence-electron chi connectivity index (χ4n) is 3.44. The third-order valence-electron chi connectivity index (χ3n) is 4.68. The molecule has 0 bridgehead atoms. The van der Waals surface area contributed by atoms with E-state index >= 15 is 0 Å². The van der Waals surface area contributed by atoms with Gasteiger partial charge in [0.1, 0.15) is 6.04 Å². The number of rotatable bonds is 4. The van der Waals surface area contributed by atoms with Crippen LogP contribution in [0.4, 0.5) is 0 Å². The molecule has 3 rings (SSSR count). The van der Waals surface area contributed by atoms with Crippen LogP contribution in [-0.4, -0.2) is 49.4 Å². The Hall–Kier alpha value is -1.44. The van der Waals surface area contributed by atoms with Gasteiger partial charge in [-0.05, 0) is 25.3 Å². The summed E-state index contributed by atoms with van der Waals surface area (Å²) in [6.07, 6.45) is 1.21. The van der Waals surface area contributed by atoms with Gasteiger partial charge in [-0.1, -0.05) is 30.3 Å². The standard InChI is InChI=1S/C16H23N3O3S/c1-2-19(13-8-9-23(21,22)11-13)16(20)15-10-14(17-18-15)12-6-4-3-5-7-12/h3-7,13-15,17-18H,2,8-11H2,1H3. The molecule has 2 saturated heterocycles. The van der Waals surface area contributed by atoms with Gasteiger partial charge in [-0.2, -0.15) is 0 Å². The monoisotopic (exact) mass is 337 g/mol. The molecule has 0 radical (unpaired) electrons. The van der Waals surface area contributed by atoms with Crippen LogP contribution in [0.1, 0.15) is 31.4 Å². The number of carbonyl (C=O) groups excluding carboxylic acids is 1. The lowest BCUT2D eigenvalue weighted by atomic mass is 10.0. The van der Waals surface area contributed by atoms with E-state index in [-0.39, 0.29) is 35.5 Å². The Labute approximate surface area is 137 Å². The molecule has 0 saturated carbocycles. The molecule has 0 spiro atoms. The van der Waals surface area contributed by atoms with Gasteiger partial charge in [0.05, 0.1) is 11.5 Å². The summed E-state index contributed by atoms with van der Waals surface area (Å²) >= 11 is 0. The van der Waals surface area contributed by atoms with E-state index in [1.807, 2.05) is 37.3 Å². The van der Waals surface area contributed by atoms with Gasteiger partial charge < -0.3 is 4.90 Å². The van der Waals surface area contributed by atoms with Gasteiger partial charge in [-0.15, -0.1) is 0 Å². The van der Waals surface area contributed by atoms with Crippen molar-refractivity contribution in [1.82, 2.24) is 15.8 Å². The third kappa shape index (κ3) is 3.57. The first kappa shape index (κ1) is 16.4. The number of sulfone groups is 1. The fraction of sp³-hybridized carbons (Fsp3) is 0.562. The number of hydrazine groups is 1. The van der Waals surface area contributed by atoms with Gasteiger partial charge >= 0.3 is 0 Å². The van der Waals surface area contributed by atoms with E-state index in [9.17, 15) is 13.2 Å². The Kier molecular flexibility index (Phi) is 4.70. The van der Waals surface area contributed by atoms with E-state index in [4.69, 9.17) is 0 Å². The summed E-state index contributed by atoms with van der Waals surface area (Å²) in [6.45, 7) is 2.44. The van der Waals surface area contributed by atoms with Gasteiger partial charge in [-0.3, -0.25) is 4.79 Å². The fourth-order valence-corrected chi connectivity index (χ4v) is 5.17. The van der Waals surface area contributed by atoms with Crippen molar-refractivity contribution in [3.63, 3.8) is 0 Å². The van der Waals surface area contributed by atoms with Gasteiger partial charge in [0.25, 0.3) is 0 Å². The van der Waals surface area contributed by atoms with E-state index < -0.39 is 9.84 Å². The molecule has 2 N–H and O–H groups in total. The molecular weight excluding hydrogens is 314 g/mol. The maximum atomic E-state index is 12.8.